The second kappa shape index (κ2) is 8.02. The van der Waals surface area contributed by atoms with Crippen molar-refractivity contribution in [3.05, 3.63) is 28.7 Å². The van der Waals surface area contributed by atoms with Crippen LogP contribution in [0.1, 0.15) is 26.2 Å². The Balaban J connectivity index is 1.87. The van der Waals surface area contributed by atoms with Crippen molar-refractivity contribution in [3.8, 4) is 0 Å². The van der Waals surface area contributed by atoms with Crippen LogP contribution in [-0.2, 0) is 9.59 Å². The van der Waals surface area contributed by atoms with Gasteiger partial charge < -0.3 is 10.0 Å². The molecule has 2 rings (SSSR count). The second-order valence-electron chi connectivity index (χ2n) is 5.44. The molecule has 6 heteroatoms. The predicted octanol–water partition coefficient (Wildman–Crippen LogP) is 3.64. The first-order chi connectivity index (χ1) is 10.5. The zero-order valence-electron chi connectivity index (χ0n) is 12.5. The fourth-order valence-corrected chi connectivity index (χ4v) is 4.28. The van der Waals surface area contributed by atoms with Gasteiger partial charge in [0.2, 0.25) is 5.91 Å². The van der Waals surface area contributed by atoms with Crippen LogP contribution in [0.3, 0.4) is 0 Å². The van der Waals surface area contributed by atoms with E-state index < -0.39 is 11.9 Å². The van der Waals surface area contributed by atoms with Gasteiger partial charge in [-0.1, -0.05) is 12.1 Å². The number of likely N-dealkylation sites (tertiary alicyclic amines) is 1. The van der Waals surface area contributed by atoms with Gasteiger partial charge in [-0.3, -0.25) is 9.59 Å². The standard InChI is InChI=1S/C16H20BrNO3S/c1-11-12(16(20)21)5-4-9-18(11)15(19)8-10-22-14-7-3-2-6-13(14)17/h2-3,6-7,11-12H,4-5,8-10H2,1H3,(H,20,21)/t11-,12-/m1/s1. The van der Waals surface area contributed by atoms with Gasteiger partial charge in [0.15, 0.2) is 0 Å². The highest BCUT2D eigenvalue weighted by atomic mass is 79.9. The Morgan fingerprint density at radius 2 is 2.14 bits per heavy atom. The highest BCUT2D eigenvalue weighted by molar-refractivity contribution is 9.10. The van der Waals surface area contributed by atoms with Crippen molar-refractivity contribution in [1.82, 2.24) is 4.90 Å². The second-order valence-corrected chi connectivity index (χ2v) is 7.43. The number of carbonyl (C=O) groups is 2. The number of nitrogens with zero attached hydrogens (tertiary/aromatic N) is 1. The van der Waals surface area contributed by atoms with Crippen molar-refractivity contribution in [1.29, 1.82) is 0 Å². The van der Waals surface area contributed by atoms with Crippen LogP contribution in [0.4, 0.5) is 0 Å². The van der Waals surface area contributed by atoms with Crippen LogP contribution in [0, 0.1) is 5.92 Å². The maximum absolute atomic E-state index is 12.4. The summed E-state index contributed by atoms with van der Waals surface area (Å²) in [5, 5.41) is 9.22. The van der Waals surface area contributed by atoms with Crippen LogP contribution in [0.25, 0.3) is 0 Å². The molecule has 0 unspecified atom stereocenters. The van der Waals surface area contributed by atoms with Crippen LogP contribution < -0.4 is 0 Å². The third-order valence-electron chi connectivity index (χ3n) is 4.04. The van der Waals surface area contributed by atoms with Crippen molar-refractivity contribution >= 4 is 39.6 Å². The third-order valence-corrected chi connectivity index (χ3v) is 6.06. The Morgan fingerprint density at radius 1 is 1.41 bits per heavy atom. The number of carbonyl (C=O) groups excluding carboxylic acids is 1. The molecule has 1 saturated heterocycles. The lowest BCUT2D eigenvalue weighted by Gasteiger charge is -2.37. The number of hydrogen-bond acceptors (Lipinski definition) is 3. The van der Waals surface area contributed by atoms with Gasteiger partial charge in [-0.15, -0.1) is 11.8 Å². The van der Waals surface area contributed by atoms with Gasteiger partial charge in [-0.2, -0.15) is 0 Å². The minimum absolute atomic E-state index is 0.0537. The number of aliphatic carboxylic acids is 1. The Kier molecular flexibility index (Phi) is 6.32. The number of rotatable bonds is 5. The SMILES string of the molecule is C[C@@H]1[C@H](C(=O)O)CCCN1C(=O)CCSc1ccccc1Br. The number of carboxylic acid groups (broad SMARTS) is 1. The zero-order valence-corrected chi connectivity index (χ0v) is 14.9. The van der Waals surface area contributed by atoms with Crippen molar-refractivity contribution < 1.29 is 14.7 Å². The van der Waals surface area contributed by atoms with Crippen LogP contribution in [0.15, 0.2) is 33.6 Å². The molecule has 1 aromatic carbocycles. The normalized spacial score (nSPS) is 21.6. The monoisotopic (exact) mass is 385 g/mol. The molecule has 1 amide bonds. The summed E-state index contributed by atoms with van der Waals surface area (Å²) in [5.41, 5.74) is 0. The quantitative estimate of drug-likeness (QED) is 0.785. The molecular weight excluding hydrogens is 366 g/mol. The van der Waals surface area contributed by atoms with Crippen LogP contribution >= 0.6 is 27.7 Å². The molecule has 1 aromatic rings. The van der Waals surface area contributed by atoms with Gasteiger partial charge in [0, 0.05) is 34.1 Å². The molecule has 22 heavy (non-hydrogen) atoms. The molecule has 0 aromatic heterocycles. The predicted molar refractivity (Wildman–Crippen MR) is 91.0 cm³/mol. The zero-order chi connectivity index (χ0) is 16.1. The summed E-state index contributed by atoms with van der Waals surface area (Å²) in [6, 6.07) is 7.71. The summed E-state index contributed by atoms with van der Waals surface area (Å²) >= 11 is 5.13. The van der Waals surface area contributed by atoms with E-state index in [4.69, 9.17) is 0 Å². The fraction of sp³-hybridized carbons (Fsp3) is 0.500. The van der Waals surface area contributed by atoms with Crippen LogP contribution in [0.2, 0.25) is 0 Å². The molecule has 1 aliphatic rings. The molecular formula is C16H20BrNO3S. The minimum atomic E-state index is -0.799. The first-order valence-corrected chi connectivity index (χ1v) is 9.18. The summed E-state index contributed by atoms with van der Waals surface area (Å²) in [4.78, 5) is 26.4. The van der Waals surface area contributed by atoms with Gasteiger partial charge >= 0.3 is 5.97 Å². The number of hydrogen-bond donors (Lipinski definition) is 1. The van der Waals surface area contributed by atoms with E-state index >= 15 is 0 Å². The van der Waals surface area contributed by atoms with Gasteiger partial charge in [0.1, 0.15) is 0 Å². The Hall–Kier alpha value is -1.01. The van der Waals surface area contributed by atoms with Crippen LogP contribution in [0.5, 0.6) is 0 Å². The Morgan fingerprint density at radius 3 is 2.82 bits per heavy atom. The van der Waals surface area contributed by atoms with E-state index in [-0.39, 0.29) is 11.9 Å². The summed E-state index contributed by atoms with van der Waals surface area (Å²) in [6.07, 6.45) is 1.86. The van der Waals surface area contributed by atoms with E-state index in [2.05, 4.69) is 15.9 Å². The summed E-state index contributed by atoms with van der Waals surface area (Å²) in [5.74, 6) is -0.484. The number of thioether (sulfide) groups is 1. The first kappa shape index (κ1) is 17.3. The van der Waals surface area contributed by atoms with E-state index in [1.165, 1.54) is 0 Å². The van der Waals surface area contributed by atoms with E-state index in [1.807, 2.05) is 31.2 Å². The van der Waals surface area contributed by atoms with E-state index in [0.717, 1.165) is 15.8 Å². The molecule has 2 atom stereocenters. The molecule has 0 saturated carbocycles. The average molecular weight is 386 g/mol. The van der Waals surface area contributed by atoms with Gasteiger partial charge in [-0.25, -0.2) is 0 Å². The molecule has 0 radical (unpaired) electrons. The topological polar surface area (TPSA) is 57.6 Å². The number of benzene rings is 1. The van der Waals surface area contributed by atoms with E-state index in [0.29, 0.717) is 25.1 Å². The highest BCUT2D eigenvalue weighted by Crippen LogP contribution is 2.28. The summed E-state index contributed by atoms with van der Waals surface area (Å²) in [6.45, 7) is 2.51. The van der Waals surface area contributed by atoms with Crippen molar-refractivity contribution in [2.75, 3.05) is 12.3 Å². The van der Waals surface area contributed by atoms with Crippen molar-refractivity contribution in [2.45, 2.75) is 37.1 Å². The van der Waals surface area contributed by atoms with Crippen molar-refractivity contribution in [2.24, 2.45) is 5.92 Å². The molecule has 0 aliphatic carbocycles. The van der Waals surface area contributed by atoms with Gasteiger partial charge in [0.05, 0.1) is 5.92 Å². The van der Waals surface area contributed by atoms with Crippen LogP contribution in [-0.4, -0.2) is 40.2 Å². The summed E-state index contributed by atoms with van der Waals surface area (Å²) in [7, 11) is 0. The lowest BCUT2D eigenvalue weighted by Crippen LogP contribution is -2.49. The Bertz CT molecular complexity index is 552. The number of amides is 1. The van der Waals surface area contributed by atoms with Gasteiger partial charge in [-0.05, 0) is 47.8 Å². The lowest BCUT2D eigenvalue weighted by molar-refractivity contribution is -0.148. The maximum atomic E-state index is 12.4. The minimum Gasteiger partial charge on any atom is -0.481 e. The Labute approximate surface area is 143 Å². The number of piperidine rings is 1. The molecule has 1 fully saturated rings. The first-order valence-electron chi connectivity index (χ1n) is 7.40. The molecule has 1 N–H and O–H groups in total. The maximum Gasteiger partial charge on any atom is 0.308 e. The smallest absolute Gasteiger partial charge is 0.308 e. The molecule has 4 nitrogen and oxygen atoms in total. The molecule has 0 bridgehead atoms. The lowest BCUT2D eigenvalue weighted by atomic mass is 9.90. The number of carboxylic acids is 1. The summed E-state index contributed by atoms with van der Waals surface area (Å²) < 4.78 is 1.03. The van der Waals surface area contributed by atoms with E-state index in [1.54, 1.807) is 16.7 Å². The molecule has 0 spiro atoms. The van der Waals surface area contributed by atoms with E-state index in [9.17, 15) is 14.7 Å². The molecule has 1 heterocycles. The largest absolute Gasteiger partial charge is 0.481 e. The number of halogens is 1. The molecule has 1 aliphatic heterocycles. The van der Waals surface area contributed by atoms with Gasteiger partial charge in [0.25, 0.3) is 0 Å². The average Bonchev–Trinajstić information content (AvgIpc) is 2.49. The molecule has 120 valence electrons. The fourth-order valence-electron chi connectivity index (χ4n) is 2.78. The van der Waals surface area contributed by atoms with Crippen molar-refractivity contribution in [3.63, 3.8) is 0 Å². The highest BCUT2D eigenvalue weighted by Gasteiger charge is 2.34. The third kappa shape index (κ3) is 4.26.